The predicted octanol–water partition coefficient (Wildman–Crippen LogP) is 6.94. The van der Waals surface area contributed by atoms with Crippen LogP contribution < -0.4 is 9.77 Å². The number of hydrogen-bond acceptors (Lipinski definition) is 7. The number of benzene rings is 3. The zero-order valence-electron chi connectivity index (χ0n) is 29.9. The Morgan fingerprint density at radius 3 is 2.16 bits per heavy atom. The SMILES string of the molecule is CC1(C)OB(c2ccc(Cc3nc(-c4ccc(Cl)cc4Cl)cn3-c3ccc(N4CC(=O)N(COCC[Si](C)(C)C)S4(=O)=O)cc3)cc2)OC1(C)C. The smallest absolute Gasteiger partial charge is 0.399 e. The molecule has 0 spiro atoms. The van der Waals surface area contributed by atoms with Crippen molar-refractivity contribution in [2.75, 3.05) is 24.2 Å². The second-order valence-corrected chi connectivity index (χ2v) is 23.4. The lowest BCUT2D eigenvalue weighted by atomic mass is 9.79. The molecule has 2 saturated heterocycles. The monoisotopic (exact) mass is 768 g/mol. The van der Waals surface area contributed by atoms with Gasteiger partial charge in [-0.25, -0.2) is 9.29 Å². The number of carbonyl (C=O) groups excluding carboxylic acids is 1. The van der Waals surface area contributed by atoms with Crippen LogP contribution in [-0.4, -0.2) is 74.5 Å². The maximum absolute atomic E-state index is 13.4. The molecule has 0 radical (unpaired) electrons. The molecule has 10 nitrogen and oxygen atoms in total. The van der Waals surface area contributed by atoms with Gasteiger partial charge in [-0.15, -0.1) is 0 Å². The van der Waals surface area contributed by atoms with Gasteiger partial charge in [0.05, 0.1) is 27.6 Å². The summed E-state index contributed by atoms with van der Waals surface area (Å²) >= 11 is 12.8. The summed E-state index contributed by atoms with van der Waals surface area (Å²) in [6, 6.07) is 21.2. The molecule has 0 saturated carbocycles. The quantitative estimate of drug-likeness (QED) is 0.120. The topological polar surface area (TPSA) is 103 Å². The van der Waals surface area contributed by atoms with Crippen LogP contribution in [0.1, 0.15) is 39.1 Å². The third-order valence-corrected chi connectivity index (χ3v) is 13.6. The van der Waals surface area contributed by atoms with E-state index in [4.69, 9.17) is 42.2 Å². The zero-order valence-corrected chi connectivity index (χ0v) is 33.3. The van der Waals surface area contributed by atoms with Crippen molar-refractivity contribution in [3.05, 3.63) is 94.4 Å². The van der Waals surface area contributed by atoms with E-state index in [-0.39, 0.29) is 13.3 Å². The minimum Gasteiger partial charge on any atom is -0.399 e. The van der Waals surface area contributed by atoms with Crippen LogP contribution in [0, 0.1) is 0 Å². The summed E-state index contributed by atoms with van der Waals surface area (Å²) in [5, 5.41) is 0.992. The van der Waals surface area contributed by atoms with E-state index in [1.807, 2.05) is 80.9 Å². The Balaban J connectivity index is 1.25. The second kappa shape index (κ2) is 14.0. The first-order valence-corrected chi connectivity index (χ1v) is 22.7. The highest BCUT2D eigenvalue weighted by molar-refractivity contribution is 7.91. The highest BCUT2D eigenvalue weighted by atomic mass is 35.5. The van der Waals surface area contributed by atoms with Gasteiger partial charge in [-0.1, -0.05) is 67.1 Å². The summed E-state index contributed by atoms with van der Waals surface area (Å²) in [5.41, 5.74) is 3.57. The van der Waals surface area contributed by atoms with Crippen LogP contribution in [0.15, 0.2) is 72.9 Å². The molecular weight excluding hydrogens is 726 g/mol. The molecule has 2 aliphatic heterocycles. The Labute approximate surface area is 312 Å². The number of hydrogen-bond donors (Lipinski definition) is 0. The zero-order chi connectivity index (χ0) is 36.9. The number of nitrogens with zero attached hydrogens (tertiary/aromatic N) is 4. The molecule has 3 aromatic carbocycles. The number of amides is 1. The van der Waals surface area contributed by atoms with Crippen molar-refractivity contribution in [3.8, 4) is 16.9 Å². The molecule has 0 N–H and O–H groups in total. The minimum absolute atomic E-state index is 0.295. The lowest BCUT2D eigenvalue weighted by Gasteiger charge is -2.32. The third kappa shape index (κ3) is 7.95. The number of imidazole rings is 1. The van der Waals surface area contributed by atoms with Crippen molar-refractivity contribution in [3.63, 3.8) is 0 Å². The summed E-state index contributed by atoms with van der Waals surface area (Å²) in [4.78, 5) is 17.8. The maximum Gasteiger partial charge on any atom is 0.494 e. The van der Waals surface area contributed by atoms with Crippen molar-refractivity contribution in [2.24, 2.45) is 0 Å². The maximum atomic E-state index is 13.4. The van der Waals surface area contributed by atoms with E-state index < -0.39 is 42.5 Å². The first-order valence-electron chi connectivity index (χ1n) is 16.8. The summed E-state index contributed by atoms with van der Waals surface area (Å²) in [6.07, 6.45) is 2.38. The van der Waals surface area contributed by atoms with E-state index in [0.717, 1.165) is 42.8 Å². The Hall–Kier alpha value is -3.17. The van der Waals surface area contributed by atoms with Gasteiger partial charge in [0.2, 0.25) is 0 Å². The molecule has 15 heteroatoms. The van der Waals surface area contributed by atoms with Gasteiger partial charge in [-0.3, -0.25) is 4.79 Å². The van der Waals surface area contributed by atoms with Gasteiger partial charge in [-0.05, 0) is 87.2 Å². The Morgan fingerprint density at radius 2 is 1.55 bits per heavy atom. The fourth-order valence-electron chi connectivity index (χ4n) is 5.75. The molecule has 4 aromatic rings. The molecule has 1 amide bonds. The molecule has 0 unspecified atom stereocenters. The van der Waals surface area contributed by atoms with Crippen LogP contribution in [0.5, 0.6) is 0 Å². The van der Waals surface area contributed by atoms with Crippen molar-refractivity contribution in [1.82, 2.24) is 13.9 Å². The molecule has 6 rings (SSSR count). The fourth-order valence-corrected chi connectivity index (χ4v) is 8.43. The highest BCUT2D eigenvalue weighted by Gasteiger charge is 2.51. The molecule has 0 bridgehead atoms. The van der Waals surface area contributed by atoms with Gasteiger partial charge in [0.15, 0.2) is 0 Å². The van der Waals surface area contributed by atoms with Crippen LogP contribution in [0.2, 0.25) is 35.7 Å². The van der Waals surface area contributed by atoms with Gasteiger partial charge in [0.1, 0.15) is 19.1 Å². The molecule has 51 heavy (non-hydrogen) atoms. The first-order chi connectivity index (χ1) is 23.8. The Morgan fingerprint density at radius 1 is 0.922 bits per heavy atom. The van der Waals surface area contributed by atoms with Gasteiger partial charge >= 0.3 is 17.3 Å². The lowest BCUT2D eigenvalue weighted by Crippen LogP contribution is -2.41. The largest absolute Gasteiger partial charge is 0.494 e. The normalized spacial score (nSPS) is 18.2. The summed E-state index contributed by atoms with van der Waals surface area (Å²) in [6.45, 7) is 14.6. The second-order valence-electron chi connectivity index (χ2n) is 15.2. The van der Waals surface area contributed by atoms with Crippen LogP contribution in [0.25, 0.3) is 16.9 Å². The Bertz CT molecular complexity index is 2020. The minimum atomic E-state index is -4.09. The predicted molar refractivity (Wildman–Crippen MR) is 206 cm³/mol. The van der Waals surface area contributed by atoms with E-state index >= 15 is 0 Å². The van der Waals surface area contributed by atoms with E-state index in [1.165, 1.54) is 0 Å². The fraction of sp³-hybridized carbons (Fsp3) is 0.389. The summed E-state index contributed by atoms with van der Waals surface area (Å²) < 4.78 is 48.8. The highest BCUT2D eigenvalue weighted by Crippen LogP contribution is 2.37. The first kappa shape index (κ1) is 37.6. The van der Waals surface area contributed by atoms with Crippen LogP contribution in [0.3, 0.4) is 0 Å². The average molecular weight is 770 g/mol. The van der Waals surface area contributed by atoms with Gasteiger partial charge in [0, 0.05) is 43.6 Å². The van der Waals surface area contributed by atoms with Gasteiger partial charge in [0.25, 0.3) is 5.91 Å². The average Bonchev–Trinajstić information content (AvgIpc) is 3.62. The van der Waals surface area contributed by atoms with E-state index in [1.54, 1.807) is 24.3 Å². The standard InChI is InChI=1S/C36H43BCl2N4O6SSi/c1-35(2)36(3,4)49-37(48-35)26-10-8-25(9-11-26)20-33-40-32(30-17-12-27(38)21-31(30)39)22-41(33)28-13-15-29(16-14-28)42-23-34(44)43(50(42,45)46)24-47-18-19-51(5,6)7/h8-17,21-22H,18-20,23-24H2,1-7H3. The Kier molecular flexibility index (Phi) is 10.3. The van der Waals surface area contributed by atoms with E-state index in [2.05, 4.69) is 19.6 Å². The molecule has 3 heterocycles. The molecule has 270 valence electrons. The van der Waals surface area contributed by atoms with Crippen LogP contribution in [-0.2, 0) is 35.5 Å². The van der Waals surface area contributed by atoms with E-state index in [9.17, 15) is 13.2 Å². The molecule has 2 fully saturated rings. The van der Waals surface area contributed by atoms with Crippen molar-refractivity contribution >= 4 is 65.7 Å². The van der Waals surface area contributed by atoms with Gasteiger partial charge in [-0.2, -0.15) is 12.7 Å². The molecule has 0 atom stereocenters. The molecule has 0 aliphatic carbocycles. The number of carbonyl (C=O) groups is 1. The molecule has 2 aliphatic rings. The number of ether oxygens (including phenoxy) is 1. The molecule has 1 aromatic heterocycles. The van der Waals surface area contributed by atoms with Crippen molar-refractivity contribution in [2.45, 2.75) is 71.0 Å². The number of halogens is 2. The number of rotatable bonds is 11. The summed E-state index contributed by atoms with van der Waals surface area (Å²) in [5.74, 6) is 0.204. The number of anilines is 1. The lowest BCUT2D eigenvalue weighted by molar-refractivity contribution is -0.127. The number of aromatic nitrogens is 2. The summed E-state index contributed by atoms with van der Waals surface area (Å²) in [7, 11) is -5.93. The van der Waals surface area contributed by atoms with Crippen molar-refractivity contribution < 1.29 is 27.3 Å². The third-order valence-electron chi connectivity index (χ3n) is 9.59. The van der Waals surface area contributed by atoms with Crippen LogP contribution >= 0.6 is 23.2 Å². The molecular formula is C36H43BCl2N4O6SSi. The van der Waals surface area contributed by atoms with Crippen LogP contribution in [0.4, 0.5) is 5.69 Å². The van der Waals surface area contributed by atoms with Gasteiger partial charge < -0.3 is 18.6 Å². The van der Waals surface area contributed by atoms with Crippen molar-refractivity contribution in [1.29, 1.82) is 0 Å². The van der Waals surface area contributed by atoms with E-state index in [0.29, 0.717) is 34.5 Å².